The van der Waals surface area contributed by atoms with Gasteiger partial charge in [0.05, 0.1) is 23.8 Å². The second kappa shape index (κ2) is 9.31. The molecule has 0 radical (unpaired) electrons. The van der Waals surface area contributed by atoms with Gasteiger partial charge >= 0.3 is 0 Å². The number of aromatic amines is 1. The molecule has 1 aromatic carbocycles. The van der Waals surface area contributed by atoms with Crippen LogP contribution in [0.2, 0.25) is 5.02 Å². The normalized spacial score (nSPS) is 26.9. The first-order valence-corrected chi connectivity index (χ1v) is 12.2. The molecule has 180 valence electrons. The number of aromatic nitrogens is 3. The fourth-order valence-corrected chi connectivity index (χ4v) is 5.13. The summed E-state index contributed by atoms with van der Waals surface area (Å²) in [5.74, 6) is 0.569. The molecule has 0 amide bonds. The van der Waals surface area contributed by atoms with Crippen LogP contribution in [0, 0.1) is 0 Å². The summed E-state index contributed by atoms with van der Waals surface area (Å²) in [7, 11) is 0. The number of hydrogen-bond acceptors (Lipinski definition) is 8. The van der Waals surface area contributed by atoms with E-state index >= 15 is 0 Å². The van der Waals surface area contributed by atoms with Crippen LogP contribution in [-0.4, -0.2) is 75.7 Å². The van der Waals surface area contributed by atoms with Gasteiger partial charge < -0.3 is 29.6 Å². The van der Waals surface area contributed by atoms with Crippen molar-refractivity contribution in [1.29, 1.82) is 0 Å². The molecular formula is C24H28ClN5O4. The molecule has 3 N–H and O–H groups in total. The van der Waals surface area contributed by atoms with Crippen LogP contribution >= 0.6 is 11.6 Å². The lowest BCUT2D eigenvalue weighted by Gasteiger charge is -2.15. The molecule has 3 aliphatic heterocycles. The minimum atomic E-state index is -0.621. The van der Waals surface area contributed by atoms with Gasteiger partial charge in [-0.25, -0.2) is 4.98 Å². The second-order valence-corrected chi connectivity index (χ2v) is 9.61. The molecule has 0 unspecified atom stereocenters. The van der Waals surface area contributed by atoms with Crippen LogP contribution in [0.5, 0.6) is 6.01 Å². The quantitative estimate of drug-likeness (QED) is 0.469. The van der Waals surface area contributed by atoms with Gasteiger partial charge in [-0.1, -0.05) is 35.9 Å². The summed E-state index contributed by atoms with van der Waals surface area (Å²) in [6.07, 6.45) is 0.982. The highest BCUT2D eigenvalue weighted by Crippen LogP contribution is 2.31. The molecule has 3 saturated heterocycles. The van der Waals surface area contributed by atoms with Crippen LogP contribution < -0.4 is 10.1 Å². The number of pyridine rings is 1. The number of benzene rings is 1. The van der Waals surface area contributed by atoms with Gasteiger partial charge in [-0.15, -0.1) is 0 Å². The highest BCUT2D eigenvalue weighted by atomic mass is 35.5. The van der Waals surface area contributed by atoms with Crippen molar-refractivity contribution >= 4 is 28.6 Å². The van der Waals surface area contributed by atoms with Crippen molar-refractivity contribution in [3.8, 4) is 6.01 Å². The molecule has 10 heteroatoms. The summed E-state index contributed by atoms with van der Waals surface area (Å²) in [6.45, 7) is 4.61. The van der Waals surface area contributed by atoms with Gasteiger partial charge in [0.25, 0.3) is 6.01 Å². The third kappa shape index (κ3) is 4.46. The SMILES string of the molecule is O[C@@H]1CO[C@H]2[C@@H]1OC[C@H]2Oc1nc2nc(NCc3ccc(CN4CCCC4)cc3)c(Cl)cc2[nH]1. The first-order valence-electron chi connectivity index (χ1n) is 11.8. The Labute approximate surface area is 202 Å². The molecular weight excluding hydrogens is 458 g/mol. The Morgan fingerprint density at radius 3 is 2.68 bits per heavy atom. The van der Waals surface area contributed by atoms with E-state index in [2.05, 4.69) is 49.4 Å². The Kier molecular flexibility index (Phi) is 6.04. The molecule has 0 spiro atoms. The minimum Gasteiger partial charge on any atom is -0.456 e. The van der Waals surface area contributed by atoms with Crippen molar-refractivity contribution in [2.45, 2.75) is 50.3 Å². The Hall–Kier alpha value is -2.43. The van der Waals surface area contributed by atoms with E-state index in [4.69, 9.17) is 25.8 Å². The number of hydrogen-bond donors (Lipinski definition) is 3. The molecule has 3 aliphatic rings. The zero-order valence-corrected chi connectivity index (χ0v) is 19.5. The molecule has 3 fully saturated rings. The number of imidazole rings is 1. The zero-order chi connectivity index (χ0) is 23.1. The third-order valence-corrected chi connectivity index (χ3v) is 7.03. The number of H-pyrrole nitrogens is 1. The molecule has 0 saturated carbocycles. The third-order valence-electron chi connectivity index (χ3n) is 6.74. The maximum absolute atomic E-state index is 9.90. The smallest absolute Gasteiger partial charge is 0.296 e. The highest BCUT2D eigenvalue weighted by molar-refractivity contribution is 6.33. The fraction of sp³-hybridized carbons (Fsp3) is 0.500. The standard InChI is InChI=1S/C24H28ClN5O4/c25-16-9-17-23(29-24(27-17)34-19-13-33-20-18(31)12-32-21(19)20)28-22(16)26-10-14-3-5-15(6-4-14)11-30-7-1-2-8-30/h3-6,9,18-21,31H,1-2,7-8,10-13H2,(H2,26,27,28,29)/t18-,19-,20-,21-/m1/s1. The van der Waals surface area contributed by atoms with Gasteiger partial charge in [0.1, 0.15) is 24.1 Å². The van der Waals surface area contributed by atoms with Gasteiger partial charge in [0.15, 0.2) is 11.8 Å². The Balaban J connectivity index is 1.10. The van der Waals surface area contributed by atoms with Crippen LogP contribution in [0.3, 0.4) is 0 Å². The Bertz CT molecular complexity index is 1150. The molecule has 5 heterocycles. The predicted molar refractivity (Wildman–Crippen MR) is 127 cm³/mol. The van der Waals surface area contributed by atoms with E-state index in [0.717, 1.165) is 12.1 Å². The van der Waals surface area contributed by atoms with Gasteiger partial charge in [-0.05, 0) is 43.1 Å². The number of aliphatic hydroxyl groups is 1. The molecule has 34 heavy (non-hydrogen) atoms. The van der Waals surface area contributed by atoms with Crippen LogP contribution in [0.1, 0.15) is 24.0 Å². The number of nitrogens with one attached hydrogen (secondary N) is 2. The molecule has 3 aromatic rings. The predicted octanol–water partition coefficient (Wildman–Crippen LogP) is 2.73. The monoisotopic (exact) mass is 485 g/mol. The average Bonchev–Trinajstić information content (AvgIpc) is 3.61. The first-order chi connectivity index (χ1) is 16.6. The van der Waals surface area contributed by atoms with E-state index in [-0.39, 0.29) is 24.9 Å². The van der Waals surface area contributed by atoms with E-state index in [1.165, 1.54) is 31.5 Å². The lowest BCUT2D eigenvalue weighted by atomic mass is 10.1. The summed E-state index contributed by atoms with van der Waals surface area (Å²) in [6, 6.07) is 10.8. The van der Waals surface area contributed by atoms with Crippen molar-refractivity contribution in [2.75, 3.05) is 31.6 Å². The van der Waals surface area contributed by atoms with Crippen molar-refractivity contribution in [3.05, 3.63) is 46.5 Å². The largest absolute Gasteiger partial charge is 0.456 e. The first kappa shape index (κ1) is 22.1. The minimum absolute atomic E-state index is 0.253. The number of likely N-dealkylation sites (tertiary alicyclic amines) is 1. The van der Waals surface area contributed by atoms with Crippen molar-refractivity contribution in [2.24, 2.45) is 0 Å². The van der Waals surface area contributed by atoms with Crippen molar-refractivity contribution in [3.63, 3.8) is 0 Å². The summed E-state index contributed by atoms with van der Waals surface area (Å²) in [5.41, 5.74) is 3.68. The van der Waals surface area contributed by atoms with E-state index in [1.54, 1.807) is 6.07 Å². The van der Waals surface area contributed by atoms with E-state index < -0.39 is 6.10 Å². The molecule has 0 bridgehead atoms. The number of aliphatic hydroxyl groups excluding tert-OH is 1. The van der Waals surface area contributed by atoms with Crippen LogP contribution in [0.4, 0.5) is 5.82 Å². The highest BCUT2D eigenvalue weighted by Gasteiger charge is 2.48. The summed E-state index contributed by atoms with van der Waals surface area (Å²) in [4.78, 5) is 14.6. The Morgan fingerprint density at radius 2 is 1.85 bits per heavy atom. The van der Waals surface area contributed by atoms with Gasteiger partial charge in [0, 0.05) is 13.1 Å². The van der Waals surface area contributed by atoms with Crippen LogP contribution in [0.25, 0.3) is 11.2 Å². The molecule has 4 atom stereocenters. The second-order valence-electron chi connectivity index (χ2n) is 9.20. The fourth-order valence-electron chi connectivity index (χ4n) is 4.91. The van der Waals surface area contributed by atoms with Crippen molar-refractivity contribution in [1.82, 2.24) is 19.9 Å². The molecule has 0 aliphatic carbocycles. The number of fused-ring (bicyclic) bond motifs is 2. The number of anilines is 1. The van der Waals surface area contributed by atoms with Gasteiger partial charge in [0.2, 0.25) is 0 Å². The van der Waals surface area contributed by atoms with E-state index in [0.29, 0.717) is 41.2 Å². The summed E-state index contributed by atoms with van der Waals surface area (Å²) >= 11 is 6.47. The maximum atomic E-state index is 9.90. The summed E-state index contributed by atoms with van der Waals surface area (Å²) < 4.78 is 17.2. The number of rotatable bonds is 7. The van der Waals surface area contributed by atoms with E-state index in [9.17, 15) is 5.11 Å². The maximum Gasteiger partial charge on any atom is 0.296 e. The number of ether oxygens (including phenoxy) is 3. The number of halogens is 1. The zero-order valence-electron chi connectivity index (χ0n) is 18.7. The van der Waals surface area contributed by atoms with Crippen LogP contribution in [0.15, 0.2) is 30.3 Å². The molecule has 2 aromatic heterocycles. The Morgan fingerprint density at radius 1 is 1.09 bits per heavy atom. The topological polar surface area (TPSA) is 105 Å². The summed E-state index contributed by atoms with van der Waals surface area (Å²) in [5, 5.41) is 13.7. The van der Waals surface area contributed by atoms with Crippen LogP contribution in [-0.2, 0) is 22.6 Å². The lowest BCUT2D eigenvalue weighted by molar-refractivity contribution is 0.00706. The van der Waals surface area contributed by atoms with Gasteiger partial charge in [-0.3, -0.25) is 4.90 Å². The molecule has 9 nitrogen and oxygen atoms in total. The van der Waals surface area contributed by atoms with E-state index in [1.807, 2.05) is 0 Å². The van der Waals surface area contributed by atoms with Crippen molar-refractivity contribution < 1.29 is 19.3 Å². The average molecular weight is 486 g/mol. The molecule has 6 rings (SSSR count). The van der Waals surface area contributed by atoms with Gasteiger partial charge in [-0.2, -0.15) is 4.98 Å². The number of nitrogens with zero attached hydrogens (tertiary/aromatic N) is 3. The lowest BCUT2D eigenvalue weighted by Crippen LogP contribution is -2.34.